The summed E-state index contributed by atoms with van der Waals surface area (Å²) in [5.41, 5.74) is 5.96. The Morgan fingerprint density at radius 2 is 1.89 bits per heavy atom. The van der Waals surface area contributed by atoms with Crippen molar-refractivity contribution in [1.29, 1.82) is 0 Å². The molecule has 7 heteroatoms. The predicted molar refractivity (Wildman–Crippen MR) is 106 cm³/mol. The van der Waals surface area contributed by atoms with Crippen LogP contribution in [-0.4, -0.2) is 28.4 Å². The van der Waals surface area contributed by atoms with E-state index in [1.54, 1.807) is 18.2 Å². The van der Waals surface area contributed by atoms with Gasteiger partial charge in [0.05, 0.1) is 18.0 Å². The van der Waals surface area contributed by atoms with Gasteiger partial charge in [0.2, 0.25) is 0 Å². The molecular formula is C20H19ClN4O2. The summed E-state index contributed by atoms with van der Waals surface area (Å²) in [4.78, 5) is 12.3. The Labute approximate surface area is 162 Å². The molecule has 2 N–H and O–H groups in total. The van der Waals surface area contributed by atoms with E-state index in [2.05, 4.69) is 20.7 Å². The second-order valence-electron chi connectivity index (χ2n) is 5.77. The maximum Gasteiger partial charge on any atom is 0.289 e. The fraction of sp³-hybridized carbons (Fsp3) is 0.150. The lowest BCUT2D eigenvalue weighted by Crippen LogP contribution is -2.19. The van der Waals surface area contributed by atoms with E-state index in [4.69, 9.17) is 16.3 Å². The largest absolute Gasteiger partial charge is 0.494 e. The average molecular weight is 383 g/mol. The highest BCUT2D eigenvalue weighted by Crippen LogP contribution is 2.20. The van der Waals surface area contributed by atoms with E-state index in [1.807, 2.05) is 50.2 Å². The minimum Gasteiger partial charge on any atom is -0.494 e. The standard InChI is InChI=1S/C20H19ClN4O2/c1-3-27-17-10-6-14(7-11-17)13(2)22-25-20(26)19-12-18(23-24-19)15-4-8-16(21)9-5-15/h4-12H,3H2,1-2H3,(H,23,24)(H,25,26)/b22-13-. The highest BCUT2D eigenvalue weighted by molar-refractivity contribution is 6.30. The number of hydrazone groups is 1. The van der Waals surface area contributed by atoms with Crippen LogP contribution in [0.2, 0.25) is 5.02 Å². The van der Waals surface area contributed by atoms with Crippen LogP contribution in [0, 0.1) is 0 Å². The Morgan fingerprint density at radius 3 is 2.56 bits per heavy atom. The number of halogens is 1. The molecule has 0 bridgehead atoms. The zero-order valence-corrected chi connectivity index (χ0v) is 15.7. The molecule has 0 spiro atoms. The van der Waals surface area contributed by atoms with E-state index in [0.29, 0.717) is 28.7 Å². The number of benzene rings is 2. The van der Waals surface area contributed by atoms with Crippen LogP contribution in [0.1, 0.15) is 29.9 Å². The van der Waals surface area contributed by atoms with Gasteiger partial charge in [-0.05, 0) is 61.9 Å². The Balaban J connectivity index is 1.66. The maximum absolute atomic E-state index is 12.3. The van der Waals surface area contributed by atoms with Crippen molar-refractivity contribution in [3.05, 3.63) is 70.9 Å². The van der Waals surface area contributed by atoms with Gasteiger partial charge in [0.15, 0.2) is 0 Å². The van der Waals surface area contributed by atoms with Crippen molar-refractivity contribution in [3.8, 4) is 17.0 Å². The van der Waals surface area contributed by atoms with Gasteiger partial charge in [-0.25, -0.2) is 5.43 Å². The number of carbonyl (C=O) groups excluding carboxylic acids is 1. The molecule has 27 heavy (non-hydrogen) atoms. The first-order chi connectivity index (χ1) is 13.1. The third-order valence-electron chi connectivity index (χ3n) is 3.87. The number of carbonyl (C=O) groups is 1. The first-order valence-corrected chi connectivity index (χ1v) is 8.84. The Morgan fingerprint density at radius 1 is 1.19 bits per heavy atom. The number of nitrogens with one attached hydrogen (secondary N) is 2. The molecule has 3 aromatic rings. The van der Waals surface area contributed by atoms with Crippen LogP contribution in [0.15, 0.2) is 59.7 Å². The molecule has 0 radical (unpaired) electrons. The molecule has 1 heterocycles. The summed E-state index contributed by atoms with van der Waals surface area (Å²) in [6, 6.07) is 16.4. The lowest BCUT2D eigenvalue weighted by molar-refractivity contribution is 0.0950. The molecular weight excluding hydrogens is 364 g/mol. The number of aromatic nitrogens is 2. The molecule has 3 rings (SSSR count). The Hall–Kier alpha value is -3.12. The molecule has 0 saturated heterocycles. The van der Waals surface area contributed by atoms with Gasteiger partial charge >= 0.3 is 0 Å². The lowest BCUT2D eigenvalue weighted by Gasteiger charge is -2.05. The van der Waals surface area contributed by atoms with Crippen LogP contribution in [0.3, 0.4) is 0 Å². The Kier molecular flexibility index (Phi) is 5.88. The number of H-pyrrole nitrogens is 1. The number of amides is 1. The molecule has 0 aliphatic carbocycles. The van der Waals surface area contributed by atoms with Crippen LogP contribution in [0.4, 0.5) is 0 Å². The molecule has 0 aliphatic rings. The van der Waals surface area contributed by atoms with Crippen molar-refractivity contribution in [1.82, 2.24) is 15.6 Å². The second kappa shape index (κ2) is 8.51. The van der Waals surface area contributed by atoms with E-state index in [-0.39, 0.29) is 5.91 Å². The average Bonchev–Trinajstić information content (AvgIpc) is 3.17. The first-order valence-electron chi connectivity index (χ1n) is 8.46. The normalized spacial score (nSPS) is 11.3. The summed E-state index contributed by atoms with van der Waals surface area (Å²) in [5, 5.41) is 11.7. The first kappa shape index (κ1) is 18.7. The molecule has 0 saturated carbocycles. The highest BCUT2D eigenvalue weighted by Gasteiger charge is 2.11. The summed E-state index contributed by atoms with van der Waals surface area (Å²) in [7, 11) is 0. The maximum atomic E-state index is 12.3. The number of rotatable bonds is 6. The minimum absolute atomic E-state index is 0.322. The van der Waals surface area contributed by atoms with Gasteiger partial charge in [0.1, 0.15) is 11.4 Å². The summed E-state index contributed by atoms with van der Waals surface area (Å²) >= 11 is 5.89. The van der Waals surface area contributed by atoms with Crippen molar-refractivity contribution in [3.63, 3.8) is 0 Å². The van der Waals surface area contributed by atoms with Gasteiger partial charge in [-0.1, -0.05) is 23.7 Å². The van der Waals surface area contributed by atoms with Crippen LogP contribution in [0.5, 0.6) is 5.75 Å². The molecule has 0 unspecified atom stereocenters. The summed E-state index contributed by atoms with van der Waals surface area (Å²) in [5.74, 6) is 0.429. The number of hydrogen-bond acceptors (Lipinski definition) is 4. The van der Waals surface area contributed by atoms with Crippen LogP contribution >= 0.6 is 11.6 Å². The van der Waals surface area contributed by atoms with Crippen molar-refractivity contribution >= 4 is 23.2 Å². The van der Waals surface area contributed by atoms with Gasteiger partial charge < -0.3 is 4.74 Å². The van der Waals surface area contributed by atoms with Crippen molar-refractivity contribution in [2.24, 2.45) is 5.10 Å². The van der Waals surface area contributed by atoms with E-state index < -0.39 is 0 Å². The van der Waals surface area contributed by atoms with E-state index in [0.717, 1.165) is 16.9 Å². The van der Waals surface area contributed by atoms with Crippen molar-refractivity contribution in [2.45, 2.75) is 13.8 Å². The van der Waals surface area contributed by atoms with Gasteiger partial charge in [-0.15, -0.1) is 0 Å². The number of ether oxygens (including phenoxy) is 1. The molecule has 0 fully saturated rings. The van der Waals surface area contributed by atoms with E-state index in [9.17, 15) is 4.79 Å². The smallest absolute Gasteiger partial charge is 0.289 e. The quantitative estimate of drug-likeness (QED) is 0.493. The fourth-order valence-electron chi connectivity index (χ4n) is 2.43. The molecule has 138 valence electrons. The number of hydrogen-bond donors (Lipinski definition) is 2. The Bertz CT molecular complexity index is 947. The lowest BCUT2D eigenvalue weighted by atomic mass is 10.1. The molecule has 0 atom stereocenters. The van der Waals surface area contributed by atoms with Gasteiger partial charge in [0, 0.05) is 10.6 Å². The second-order valence-corrected chi connectivity index (χ2v) is 6.21. The molecule has 1 aromatic heterocycles. The minimum atomic E-state index is -0.368. The van der Waals surface area contributed by atoms with Gasteiger partial charge in [-0.3, -0.25) is 9.89 Å². The summed E-state index contributed by atoms with van der Waals surface area (Å²) in [6.07, 6.45) is 0. The third kappa shape index (κ3) is 4.74. The SMILES string of the molecule is CCOc1ccc(/C(C)=N\NC(=O)c2cc(-c3ccc(Cl)cc3)n[nH]2)cc1. The van der Waals surface area contributed by atoms with Crippen LogP contribution in [-0.2, 0) is 0 Å². The molecule has 1 amide bonds. The monoisotopic (exact) mass is 382 g/mol. The third-order valence-corrected chi connectivity index (χ3v) is 4.12. The molecule has 2 aromatic carbocycles. The molecule has 6 nitrogen and oxygen atoms in total. The number of nitrogens with zero attached hydrogens (tertiary/aromatic N) is 2. The highest BCUT2D eigenvalue weighted by atomic mass is 35.5. The molecule has 0 aliphatic heterocycles. The zero-order valence-electron chi connectivity index (χ0n) is 15.0. The van der Waals surface area contributed by atoms with Crippen LogP contribution in [0.25, 0.3) is 11.3 Å². The van der Waals surface area contributed by atoms with E-state index >= 15 is 0 Å². The van der Waals surface area contributed by atoms with Gasteiger partial charge in [0.25, 0.3) is 5.91 Å². The van der Waals surface area contributed by atoms with Gasteiger partial charge in [-0.2, -0.15) is 10.2 Å². The predicted octanol–water partition coefficient (Wildman–Crippen LogP) is 4.28. The summed E-state index contributed by atoms with van der Waals surface area (Å²) < 4.78 is 5.41. The zero-order chi connectivity index (χ0) is 19.2. The fourth-order valence-corrected chi connectivity index (χ4v) is 2.55. The van der Waals surface area contributed by atoms with Crippen LogP contribution < -0.4 is 10.2 Å². The van der Waals surface area contributed by atoms with Crippen molar-refractivity contribution in [2.75, 3.05) is 6.61 Å². The topological polar surface area (TPSA) is 79.4 Å². The number of aromatic amines is 1. The summed E-state index contributed by atoms with van der Waals surface area (Å²) in [6.45, 7) is 4.37. The van der Waals surface area contributed by atoms with E-state index in [1.165, 1.54) is 0 Å². The van der Waals surface area contributed by atoms with Crippen molar-refractivity contribution < 1.29 is 9.53 Å².